The third kappa shape index (κ3) is 3.19. The van der Waals surface area contributed by atoms with E-state index in [1.165, 1.54) is 6.07 Å². The lowest BCUT2D eigenvalue weighted by Gasteiger charge is -2.17. The highest BCUT2D eigenvalue weighted by Crippen LogP contribution is 2.33. The van der Waals surface area contributed by atoms with Gasteiger partial charge in [-0.2, -0.15) is 0 Å². The largest absolute Gasteiger partial charge is 0.481 e. The van der Waals surface area contributed by atoms with Crippen LogP contribution < -0.4 is 5.32 Å². The molecule has 0 spiro atoms. The summed E-state index contributed by atoms with van der Waals surface area (Å²) in [5, 5.41) is 23.3. The molecule has 0 bridgehead atoms. The van der Waals surface area contributed by atoms with Crippen LogP contribution in [0.4, 0.5) is 11.4 Å². The monoisotopic (exact) mass is 298 g/mol. The first-order chi connectivity index (χ1) is 9.49. The molecule has 2 unspecified atom stereocenters. The Morgan fingerprint density at radius 3 is 2.90 bits per heavy atom. The number of benzene rings is 1. The summed E-state index contributed by atoms with van der Waals surface area (Å²) >= 11 is 5.74. The quantitative estimate of drug-likeness (QED) is 0.643. The second-order valence-electron chi connectivity index (χ2n) is 4.94. The molecule has 1 fully saturated rings. The van der Waals surface area contributed by atoms with Crippen molar-refractivity contribution in [2.45, 2.75) is 19.3 Å². The predicted octanol–water partition coefficient (Wildman–Crippen LogP) is 3.16. The van der Waals surface area contributed by atoms with Gasteiger partial charge >= 0.3 is 5.97 Å². The van der Waals surface area contributed by atoms with E-state index in [0.717, 1.165) is 12.8 Å². The number of rotatable bonds is 5. The first kappa shape index (κ1) is 14.6. The third-order valence-corrected chi connectivity index (χ3v) is 3.92. The summed E-state index contributed by atoms with van der Waals surface area (Å²) < 4.78 is 0. The van der Waals surface area contributed by atoms with E-state index in [0.29, 0.717) is 23.7 Å². The lowest BCUT2D eigenvalue weighted by atomic mass is 9.96. The van der Waals surface area contributed by atoms with E-state index in [-0.39, 0.29) is 17.5 Å². The van der Waals surface area contributed by atoms with Crippen LogP contribution in [0.1, 0.15) is 19.3 Å². The molecular weight excluding hydrogens is 284 g/mol. The van der Waals surface area contributed by atoms with Gasteiger partial charge in [0.25, 0.3) is 5.69 Å². The SMILES string of the molecule is O=C(O)C1CCCC1CNc1ccc(Cl)cc1[N+](=O)[O-]. The van der Waals surface area contributed by atoms with E-state index >= 15 is 0 Å². The molecule has 1 saturated carbocycles. The van der Waals surface area contributed by atoms with Crippen molar-refractivity contribution >= 4 is 28.9 Å². The second kappa shape index (κ2) is 6.09. The molecule has 1 aliphatic carbocycles. The molecule has 2 N–H and O–H groups in total. The number of hydrogen-bond donors (Lipinski definition) is 2. The topological polar surface area (TPSA) is 92.5 Å². The minimum atomic E-state index is -0.792. The van der Waals surface area contributed by atoms with E-state index < -0.39 is 10.9 Å². The van der Waals surface area contributed by atoms with E-state index in [4.69, 9.17) is 16.7 Å². The molecule has 20 heavy (non-hydrogen) atoms. The zero-order valence-electron chi connectivity index (χ0n) is 10.7. The van der Waals surface area contributed by atoms with Gasteiger partial charge < -0.3 is 10.4 Å². The van der Waals surface area contributed by atoms with Crippen molar-refractivity contribution < 1.29 is 14.8 Å². The highest BCUT2D eigenvalue weighted by atomic mass is 35.5. The summed E-state index contributed by atoms with van der Waals surface area (Å²) in [6.07, 6.45) is 2.38. The molecular formula is C13H15ClN2O4. The Balaban J connectivity index is 2.07. The summed E-state index contributed by atoms with van der Waals surface area (Å²) in [5.41, 5.74) is 0.276. The van der Waals surface area contributed by atoms with Gasteiger partial charge in [0.05, 0.1) is 10.8 Å². The molecule has 7 heteroatoms. The Morgan fingerprint density at radius 1 is 1.50 bits per heavy atom. The summed E-state index contributed by atoms with van der Waals surface area (Å²) in [6.45, 7) is 0.416. The van der Waals surface area contributed by atoms with Crippen molar-refractivity contribution in [2.75, 3.05) is 11.9 Å². The molecule has 1 aliphatic rings. The average molecular weight is 299 g/mol. The predicted molar refractivity (Wildman–Crippen MR) is 75.1 cm³/mol. The van der Waals surface area contributed by atoms with Crippen LogP contribution in [0.25, 0.3) is 0 Å². The summed E-state index contributed by atoms with van der Waals surface area (Å²) in [6, 6.07) is 4.40. The van der Waals surface area contributed by atoms with Crippen LogP contribution in [0.5, 0.6) is 0 Å². The number of carboxylic acids is 1. The maximum Gasteiger partial charge on any atom is 0.306 e. The van der Waals surface area contributed by atoms with Gasteiger partial charge in [-0.15, -0.1) is 0 Å². The molecule has 0 radical (unpaired) electrons. The first-order valence-electron chi connectivity index (χ1n) is 6.39. The molecule has 0 aromatic heterocycles. The van der Waals surface area contributed by atoms with Crippen LogP contribution >= 0.6 is 11.6 Å². The molecule has 0 aliphatic heterocycles. The highest BCUT2D eigenvalue weighted by molar-refractivity contribution is 6.30. The molecule has 0 amide bonds. The van der Waals surface area contributed by atoms with Crippen LogP contribution in [0.15, 0.2) is 18.2 Å². The van der Waals surface area contributed by atoms with Gasteiger partial charge in [-0.05, 0) is 30.9 Å². The molecule has 0 heterocycles. The second-order valence-corrected chi connectivity index (χ2v) is 5.37. The molecule has 1 aromatic rings. The minimum Gasteiger partial charge on any atom is -0.481 e. The van der Waals surface area contributed by atoms with Crippen molar-refractivity contribution in [2.24, 2.45) is 11.8 Å². The molecule has 108 valence electrons. The van der Waals surface area contributed by atoms with Gasteiger partial charge in [0.15, 0.2) is 0 Å². The fraction of sp³-hybridized carbons (Fsp3) is 0.462. The molecule has 6 nitrogen and oxygen atoms in total. The summed E-state index contributed by atoms with van der Waals surface area (Å²) in [4.78, 5) is 21.5. The van der Waals surface area contributed by atoms with Crippen LogP contribution in [-0.4, -0.2) is 22.5 Å². The van der Waals surface area contributed by atoms with Gasteiger partial charge in [-0.25, -0.2) is 0 Å². The zero-order valence-corrected chi connectivity index (χ0v) is 11.5. The number of nitro benzene ring substituents is 1. The fourth-order valence-corrected chi connectivity index (χ4v) is 2.82. The standard InChI is InChI=1S/C13H15ClN2O4/c14-9-4-5-11(12(6-9)16(19)20)15-7-8-2-1-3-10(8)13(17)18/h4-6,8,10,15H,1-3,7H2,(H,17,18). The molecule has 0 saturated heterocycles. The number of aliphatic carboxylic acids is 1. The Morgan fingerprint density at radius 2 is 2.25 bits per heavy atom. The molecule has 1 aromatic carbocycles. The number of carbonyl (C=O) groups is 1. The Hall–Kier alpha value is -1.82. The lowest BCUT2D eigenvalue weighted by Crippen LogP contribution is -2.24. The minimum absolute atomic E-state index is 0.00258. The van der Waals surface area contributed by atoms with E-state index in [9.17, 15) is 14.9 Å². The average Bonchev–Trinajstić information content (AvgIpc) is 2.85. The number of carboxylic acid groups (broad SMARTS) is 1. The van der Waals surface area contributed by atoms with E-state index in [1.807, 2.05) is 0 Å². The summed E-state index contributed by atoms with van der Waals surface area (Å²) in [5.74, 6) is -1.16. The number of anilines is 1. The normalized spacial score (nSPS) is 21.6. The van der Waals surface area contributed by atoms with Crippen LogP contribution in [0.3, 0.4) is 0 Å². The Labute approximate surface area is 120 Å². The summed E-state index contributed by atoms with van der Waals surface area (Å²) in [7, 11) is 0. The van der Waals surface area contributed by atoms with Gasteiger partial charge in [-0.1, -0.05) is 18.0 Å². The number of nitrogens with zero attached hydrogens (tertiary/aromatic N) is 1. The van der Waals surface area contributed by atoms with Gasteiger partial charge in [0.1, 0.15) is 5.69 Å². The van der Waals surface area contributed by atoms with Crippen LogP contribution in [-0.2, 0) is 4.79 Å². The van der Waals surface area contributed by atoms with Crippen molar-refractivity contribution in [3.05, 3.63) is 33.3 Å². The number of nitro groups is 1. The maximum absolute atomic E-state index is 11.1. The number of hydrogen-bond acceptors (Lipinski definition) is 4. The zero-order chi connectivity index (χ0) is 14.7. The van der Waals surface area contributed by atoms with E-state index in [1.54, 1.807) is 12.1 Å². The van der Waals surface area contributed by atoms with Crippen molar-refractivity contribution in [1.29, 1.82) is 0 Å². The fourth-order valence-electron chi connectivity index (χ4n) is 2.65. The van der Waals surface area contributed by atoms with Crippen molar-refractivity contribution in [3.63, 3.8) is 0 Å². The van der Waals surface area contributed by atoms with Gasteiger partial charge in [0.2, 0.25) is 0 Å². The van der Waals surface area contributed by atoms with Crippen molar-refractivity contribution in [1.82, 2.24) is 0 Å². The smallest absolute Gasteiger partial charge is 0.306 e. The van der Waals surface area contributed by atoms with Crippen molar-refractivity contribution in [3.8, 4) is 0 Å². The Bertz CT molecular complexity index is 535. The lowest BCUT2D eigenvalue weighted by molar-refractivity contribution is -0.383. The molecule has 2 atom stereocenters. The van der Waals surface area contributed by atoms with Gasteiger partial charge in [0, 0.05) is 17.6 Å². The number of halogens is 1. The van der Waals surface area contributed by atoms with Crippen LogP contribution in [0.2, 0.25) is 5.02 Å². The maximum atomic E-state index is 11.1. The Kier molecular flexibility index (Phi) is 4.44. The number of nitrogens with one attached hydrogen (secondary N) is 1. The first-order valence-corrected chi connectivity index (χ1v) is 6.77. The van der Waals surface area contributed by atoms with Crippen LogP contribution in [0, 0.1) is 22.0 Å². The van der Waals surface area contributed by atoms with E-state index in [2.05, 4.69) is 5.32 Å². The molecule has 2 rings (SSSR count). The third-order valence-electron chi connectivity index (χ3n) is 3.69. The van der Waals surface area contributed by atoms with Gasteiger partial charge in [-0.3, -0.25) is 14.9 Å². The highest BCUT2D eigenvalue weighted by Gasteiger charge is 2.32.